The minimum atomic E-state index is -5.42. The van der Waals surface area contributed by atoms with Crippen molar-refractivity contribution in [2.24, 2.45) is 0 Å². The van der Waals surface area contributed by atoms with Crippen molar-refractivity contribution >= 4 is 21.9 Å². The van der Waals surface area contributed by atoms with Gasteiger partial charge in [0.05, 0.1) is 11.1 Å². The molecule has 0 spiro atoms. The summed E-state index contributed by atoms with van der Waals surface area (Å²) < 4.78 is 60.9. The Morgan fingerprint density at radius 3 is 1.90 bits per heavy atom. The van der Waals surface area contributed by atoms with Gasteiger partial charge in [0.25, 0.3) is 21.9 Å². The largest absolute Gasteiger partial charge is 0.537 e. The number of carbonyl (C=O) groups is 2. The number of halogens is 3. The van der Waals surface area contributed by atoms with E-state index in [4.69, 9.17) is 0 Å². The third-order valence-electron chi connectivity index (χ3n) is 2.39. The zero-order valence-corrected chi connectivity index (χ0v) is 10.4. The van der Waals surface area contributed by atoms with Crippen molar-refractivity contribution in [3.05, 3.63) is 35.4 Å². The van der Waals surface area contributed by atoms with Gasteiger partial charge in [-0.3, -0.25) is 14.5 Å². The van der Waals surface area contributed by atoms with E-state index in [-0.39, 0.29) is 16.0 Å². The molecule has 0 atom stereocenters. The smallest absolute Gasteiger partial charge is 0.269 e. The minimum absolute atomic E-state index is 0.0697. The van der Waals surface area contributed by atoms with Gasteiger partial charge in [-0.05, 0) is 12.1 Å². The molecule has 1 aromatic carbocycles. The monoisotopic (exact) mass is 309 g/mol. The SMILES string of the molecule is O=C1c2ccccc2C(=O)N1CS(=O)(=O)OC(F)(F)F. The van der Waals surface area contributed by atoms with Gasteiger partial charge < -0.3 is 0 Å². The van der Waals surface area contributed by atoms with Gasteiger partial charge in [0.1, 0.15) is 0 Å². The Morgan fingerprint density at radius 1 is 1.05 bits per heavy atom. The Labute approximate surface area is 110 Å². The quantitative estimate of drug-likeness (QED) is 0.617. The summed E-state index contributed by atoms with van der Waals surface area (Å²) in [5.41, 5.74) is -0.139. The van der Waals surface area contributed by atoms with Gasteiger partial charge in [0.2, 0.25) is 0 Å². The fourth-order valence-electron chi connectivity index (χ4n) is 1.68. The standard InChI is InChI=1S/C10H6F3NO5S/c11-10(12,13)19-20(17,18)5-14-8(15)6-3-1-2-4-7(6)9(14)16/h1-4H,5H2. The molecule has 10 heteroatoms. The number of nitrogens with zero attached hydrogens (tertiary/aromatic N) is 1. The first-order valence-electron chi connectivity index (χ1n) is 5.06. The van der Waals surface area contributed by atoms with Crippen LogP contribution in [0.5, 0.6) is 0 Å². The summed E-state index contributed by atoms with van der Waals surface area (Å²) in [5.74, 6) is -3.47. The number of imide groups is 1. The molecule has 1 aliphatic rings. The van der Waals surface area contributed by atoms with Crippen LogP contribution in [0.15, 0.2) is 24.3 Å². The summed E-state index contributed by atoms with van der Waals surface area (Å²) in [4.78, 5) is 23.7. The van der Waals surface area contributed by atoms with Crippen LogP contribution >= 0.6 is 0 Å². The highest BCUT2D eigenvalue weighted by Crippen LogP contribution is 2.25. The van der Waals surface area contributed by atoms with E-state index >= 15 is 0 Å². The van der Waals surface area contributed by atoms with Gasteiger partial charge in [0, 0.05) is 0 Å². The van der Waals surface area contributed by atoms with E-state index in [2.05, 4.69) is 4.18 Å². The number of rotatable bonds is 3. The Balaban J connectivity index is 2.25. The first-order chi connectivity index (χ1) is 9.11. The molecule has 1 heterocycles. The van der Waals surface area contributed by atoms with Crippen molar-refractivity contribution < 1.29 is 35.4 Å². The molecule has 0 fully saturated rings. The second kappa shape index (κ2) is 4.56. The second-order valence-corrected chi connectivity index (χ2v) is 5.34. The van der Waals surface area contributed by atoms with E-state index < -0.39 is 34.2 Å². The molecule has 0 saturated heterocycles. The summed E-state index contributed by atoms with van der Waals surface area (Å²) in [6, 6.07) is 5.42. The number of alkyl halides is 3. The van der Waals surface area contributed by atoms with Crippen LogP contribution in [0.3, 0.4) is 0 Å². The van der Waals surface area contributed by atoms with Gasteiger partial charge in [-0.25, -0.2) is 0 Å². The molecule has 0 unspecified atom stereocenters. The summed E-state index contributed by atoms with van der Waals surface area (Å²) in [6.07, 6.45) is -5.42. The molecule has 0 N–H and O–H groups in total. The van der Waals surface area contributed by atoms with Crippen LogP contribution in [-0.4, -0.2) is 37.4 Å². The lowest BCUT2D eigenvalue weighted by atomic mass is 10.1. The van der Waals surface area contributed by atoms with E-state index in [9.17, 15) is 31.2 Å². The van der Waals surface area contributed by atoms with E-state index in [0.29, 0.717) is 0 Å². The summed E-state index contributed by atoms with van der Waals surface area (Å²) in [5, 5.41) is 0. The topological polar surface area (TPSA) is 80.8 Å². The summed E-state index contributed by atoms with van der Waals surface area (Å²) in [6.45, 7) is 0. The van der Waals surface area contributed by atoms with Gasteiger partial charge in [0.15, 0.2) is 5.88 Å². The van der Waals surface area contributed by atoms with Crippen LogP contribution in [0.2, 0.25) is 0 Å². The molecule has 0 bridgehead atoms. The van der Waals surface area contributed by atoms with Crippen LogP contribution in [0.1, 0.15) is 20.7 Å². The molecule has 0 saturated carbocycles. The van der Waals surface area contributed by atoms with Crippen LogP contribution in [-0.2, 0) is 14.3 Å². The number of carbonyl (C=O) groups excluding carboxylic acids is 2. The molecule has 108 valence electrons. The predicted octanol–water partition coefficient (Wildman–Crippen LogP) is 1.11. The zero-order valence-electron chi connectivity index (χ0n) is 9.55. The fourth-order valence-corrected chi connectivity index (χ4v) is 2.58. The van der Waals surface area contributed by atoms with Crippen molar-refractivity contribution in [1.82, 2.24) is 4.90 Å². The van der Waals surface area contributed by atoms with Gasteiger partial charge in [-0.15, -0.1) is 13.2 Å². The molecular formula is C10H6F3NO5S. The number of hydrogen-bond acceptors (Lipinski definition) is 5. The van der Waals surface area contributed by atoms with Gasteiger partial charge in [-0.2, -0.15) is 12.6 Å². The van der Waals surface area contributed by atoms with Crippen LogP contribution < -0.4 is 0 Å². The third kappa shape index (κ3) is 2.80. The van der Waals surface area contributed by atoms with E-state index in [1.54, 1.807) is 0 Å². The molecule has 6 nitrogen and oxygen atoms in total. The maximum Gasteiger partial charge on any atom is 0.537 e. The second-order valence-electron chi connectivity index (χ2n) is 3.80. The number of benzene rings is 1. The van der Waals surface area contributed by atoms with Crippen molar-refractivity contribution in [2.45, 2.75) is 6.36 Å². The van der Waals surface area contributed by atoms with Crippen LogP contribution in [0, 0.1) is 0 Å². The number of amides is 2. The van der Waals surface area contributed by atoms with Crippen LogP contribution in [0.4, 0.5) is 13.2 Å². The average molecular weight is 309 g/mol. The Morgan fingerprint density at radius 2 is 1.50 bits per heavy atom. The van der Waals surface area contributed by atoms with E-state index in [1.165, 1.54) is 24.3 Å². The minimum Gasteiger partial charge on any atom is -0.269 e. The van der Waals surface area contributed by atoms with Crippen molar-refractivity contribution in [3.8, 4) is 0 Å². The third-order valence-corrected chi connectivity index (χ3v) is 3.40. The molecule has 2 amide bonds. The van der Waals surface area contributed by atoms with Gasteiger partial charge >= 0.3 is 6.36 Å². The lowest BCUT2D eigenvalue weighted by molar-refractivity contribution is -0.272. The van der Waals surface area contributed by atoms with Crippen molar-refractivity contribution in [2.75, 3.05) is 5.88 Å². The van der Waals surface area contributed by atoms with Crippen LogP contribution in [0.25, 0.3) is 0 Å². The summed E-state index contributed by atoms with van der Waals surface area (Å²) in [7, 11) is -5.15. The first-order valence-corrected chi connectivity index (χ1v) is 6.64. The molecule has 0 aromatic heterocycles. The maximum atomic E-state index is 11.9. The van der Waals surface area contributed by atoms with Crippen molar-refractivity contribution in [1.29, 1.82) is 0 Å². The maximum absolute atomic E-state index is 11.9. The highest BCUT2D eigenvalue weighted by atomic mass is 32.2. The lowest BCUT2D eigenvalue weighted by Crippen LogP contribution is -2.37. The first kappa shape index (κ1) is 14.5. The highest BCUT2D eigenvalue weighted by Gasteiger charge is 2.42. The fraction of sp³-hybridized carbons (Fsp3) is 0.200. The lowest BCUT2D eigenvalue weighted by Gasteiger charge is -2.14. The molecular weight excluding hydrogens is 303 g/mol. The number of hydrogen-bond donors (Lipinski definition) is 0. The van der Waals surface area contributed by atoms with E-state index in [0.717, 1.165) is 0 Å². The molecule has 2 rings (SSSR count). The molecule has 20 heavy (non-hydrogen) atoms. The highest BCUT2D eigenvalue weighted by molar-refractivity contribution is 7.86. The summed E-state index contributed by atoms with van der Waals surface area (Å²) >= 11 is 0. The van der Waals surface area contributed by atoms with E-state index in [1.807, 2.05) is 0 Å². The predicted molar refractivity (Wildman–Crippen MR) is 57.9 cm³/mol. The molecule has 0 radical (unpaired) electrons. The Hall–Kier alpha value is -1.94. The Kier molecular flexibility index (Phi) is 3.30. The zero-order chi connectivity index (χ0) is 15.1. The van der Waals surface area contributed by atoms with Crippen molar-refractivity contribution in [3.63, 3.8) is 0 Å². The van der Waals surface area contributed by atoms with Gasteiger partial charge in [-0.1, -0.05) is 12.1 Å². The number of fused-ring (bicyclic) bond motifs is 1. The molecule has 1 aliphatic heterocycles. The molecule has 0 aliphatic carbocycles. The normalized spacial score (nSPS) is 15.7. The molecule has 1 aromatic rings. The average Bonchev–Trinajstić information content (AvgIpc) is 2.52. The Bertz CT molecular complexity index is 647.